The quantitative estimate of drug-likeness (QED) is 0.856. The Kier molecular flexibility index (Phi) is 2.98. The van der Waals surface area contributed by atoms with Crippen LogP contribution >= 0.6 is 0 Å². The zero-order valence-electron chi connectivity index (χ0n) is 12.4. The SMILES string of the molecule is Cn1ccc2c(N3CCN(C4=NCCN4)CC3)cccc21. The molecule has 3 heterocycles. The van der Waals surface area contributed by atoms with Crippen molar-refractivity contribution in [3.05, 3.63) is 30.5 Å². The highest BCUT2D eigenvalue weighted by Crippen LogP contribution is 2.28. The molecule has 4 rings (SSSR count). The smallest absolute Gasteiger partial charge is 0.194 e. The van der Waals surface area contributed by atoms with E-state index in [1.807, 2.05) is 0 Å². The number of aromatic nitrogens is 1. The number of aryl methyl sites for hydroxylation is 1. The summed E-state index contributed by atoms with van der Waals surface area (Å²) in [5.74, 6) is 1.09. The van der Waals surface area contributed by atoms with E-state index in [0.29, 0.717) is 0 Å². The fraction of sp³-hybridized carbons (Fsp3) is 0.438. The van der Waals surface area contributed by atoms with Gasteiger partial charge in [0, 0.05) is 62.6 Å². The van der Waals surface area contributed by atoms with Gasteiger partial charge in [-0.15, -0.1) is 0 Å². The number of anilines is 1. The summed E-state index contributed by atoms with van der Waals surface area (Å²) in [6.45, 7) is 6.07. The molecule has 2 aliphatic rings. The molecule has 0 bridgehead atoms. The lowest BCUT2D eigenvalue weighted by molar-refractivity contribution is 0.378. The van der Waals surface area contributed by atoms with Crippen molar-refractivity contribution in [2.24, 2.45) is 12.0 Å². The molecule has 0 amide bonds. The fourth-order valence-corrected chi connectivity index (χ4v) is 3.32. The molecule has 110 valence electrons. The Morgan fingerprint density at radius 1 is 1.05 bits per heavy atom. The summed E-state index contributed by atoms with van der Waals surface area (Å²) in [6, 6.07) is 8.81. The molecule has 2 aliphatic heterocycles. The van der Waals surface area contributed by atoms with E-state index in [2.05, 4.69) is 62.2 Å². The van der Waals surface area contributed by atoms with Gasteiger partial charge in [-0.1, -0.05) is 6.07 Å². The van der Waals surface area contributed by atoms with Crippen molar-refractivity contribution in [1.82, 2.24) is 14.8 Å². The first-order valence-corrected chi connectivity index (χ1v) is 7.65. The second kappa shape index (κ2) is 4.98. The molecule has 0 atom stereocenters. The van der Waals surface area contributed by atoms with E-state index < -0.39 is 0 Å². The zero-order chi connectivity index (χ0) is 14.2. The van der Waals surface area contributed by atoms with Gasteiger partial charge in [0.05, 0.1) is 6.54 Å². The third kappa shape index (κ3) is 2.13. The molecule has 1 N–H and O–H groups in total. The standard InChI is InChI=1S/C16H21N5/c1-19-8-5-13-14(19)3-2-4-15(13)20-9-11-21(12-10-20)16-17-6-7-18-16/h2-5,8H,6-7,9-12H2,1H3,(H,17,18). The molecule has 0 unspecified atom stereocenters. The maximum Gasteiger partial charge on any atom is 0.194 e. The van der Waals surface area contributed by atoms with Gasteiger partial charge < -0.3 is 19.7 Å². The van der Waals surface area contributed by atoms with E-state index in [0.717, 1.165) is 45.2 Å². The average Bonchev–Trinajstić information content (AvgIpc) is 3.18. The number of guanidine groups is 1. The summed E-state index contributed by atoms with van der Waals surface area (Å²) in [5.41, 5.74) is 2.66. The van der Waals surface area contributed by atoms with E-state index in [1.165, 1.54) is 16.6 Å². The second-order valence-corrected chi connectivity index (χ2v) is 5.74. The minimum atomic E-state index is 0.916. The maximum atomic E-state index is 4.52. The molecule has 21 heavy (non-hydrogen) atoms. The summed E-state index contributed by atoms with van der Waals surface area (Å²) in [4.78, 5) is 9.38. The van der Waals surface area contributed by atoms with Crippen molar-refractivity contribution >= 4 is 22.5 Å². The lowest BCUT2D eigenvalue weighted by Crippen LogP contribution is -2.51. The van der Waals surface area contributed by atoms with Crippen LogP contribution in [0.15, 0.2) is 35.5 Å². The third-order valence-corrected chi connectivity index (χ3v) is 4.48. The van der Waals surface area contributed by atoms with Crippen LogP contribution in [-0.4, -0.2) is 54.7 Å². The molecule has 0 saturated carbocycles. The van der Waals surface area contributed by atoms with E-state index >= 15 is 0 Å². The topological polar surface area (TPSA) is 35.8 Å². The number of piperazine rings is 1. The molecule has 1 aromatic carbocycles. The van der Waals surface area contributed by atoms with Gasteiger partial charge in [-0.2, -0.15) is 0 Å². The number of fused-ring (bicyclic) bond motifs is 1. The normalized spacial score (nSPS) is 19.0. The van der Waals surface area contributed by atoms with Gasteiger partial charge in [-0.05, 0) is 18.2 Å². The van der Waals surface area contributed by atoms with Crippen molar-refractivity contribution < 1.29 is 0 Å². The highest BCUT2D eigenvalue weighted by molar-refractivity contribution is 5.93. The summed E-state index contributed by atoms with van der Waals surface area (Å²) in [5, 5.41) is 4.72. The van der Waals surface area contributed by atoms with Crippen molar-refractivity contribution in [2.45, 2.75) is 0 Å². The van der Waals surface area contributed by atoms with Gasteiger partial charge in [-0.25, -0.2) is 0 Å². The van der Waals surface area contributed by atoms with Gasteiger partial charge >= 0.3 is 0 Å². The highest BCUT2D eigenvalue weighted by Gasteiger charge is 2.22. The van der Waals surface area contributed by atoms with E-state index in [4.69, 9.17) is 0 Å². The van der Waals surface area contributed by atoms with Gasteiger partial charge in [-0.3, -0.25) is 4.99 Å². The lowest BCUT2D eigenvalue weighted by atomic mass is 10.1. The van der Waals surface area contributed by atoms with Gasteiger partial charge in [0.25, 0.3) is 0 Å². The van der Waals surface area contributed by atoms with E-state index in [-0.39, 0.29) is 0 Å². The second-order valence-electron chi connectivity index (χ2n) is 5.74. The summed E-state index contributed by atoms with van der Waals surface area (Å²) in [7, 11) is 2.11. The molecule has 0 aliphatic carbocycles. The van der Waals surface area contributed by atoms with E-state index in [1.54, 1.807) is 0 Å². The Hall–Kier alpha value is -2.17. The highest BCUT2D eigenvalue weighted by atomic mass is 15.4. The van der Waals surface area contributed by atoms with Crippen LogP contribution in [0.25, 0.3) is 10.9 Å². The monoisotopic (exact) mass is 283 g/mol. The Labute approximate surface area is 124 Å². The number of aliphatic imine (C=N–C) groups is 1. The molecular weight excluding hydrogens is 262 g/mol. The summed E-state index contributed by atoms with van der Waals surface area (Å²) >= 11 is 0. The number of benzene rings is 1. The van der Waals surface area contributed by atoms with Crippen molar-refractivity contribution in [3.63, 3.8) is 0 Å². The number of nitrogens with zero attached hydrogens (tertiary/aromatic N) is 4. The Bertz CT molecular complexity index is 679. The minimum Gasteiger partial charge on any atom is -0.367 e. The van der Waals surface area contributed by atoms with E-state index in [9.17, 15) is 0 Å². The molecule has 1 aromatic heterocycles. The van der Waals surface area contributed by atoms with Crippen LogP contribution in [0.5, 0.6) is 0 Å². The molecule has 2 aromatic rings. The lowest BCUT2D eigenvalue weighted by Gasteiger charge is -2.37. The predicted octanol–water partition coefficient (Wildman–Crippen LogP) is 1.26. The summed E-state index contributed by atoms with van der Waals surface area (Å²) < 4.78 is 2.19. The Balaban J connectivity index is 1.55. The minimum absolute atomic E-state index is 0.916. The number of rotatable bonds is 1. The van der Waals surface area contributed by atoms with Crippen LogP contribution in [0, 0.1) is 0 Å². The van der Waals surface area contributed by atoms with Crippen LogP contribution < -0.4 is 10.2 Å². The van der Waals surface area contributed by atoms with Gasteiger partial charge in [0.1, 0.15) is 0 Å². The molecule has 0 spiro atoms. The average molecular weight is 283 g/mol. The molecular formula is C16H21N5. The molecule has 5 nitrogen and oxygen atoms in total. The third-order valence-electron chi connectivity index (χ3n) is 4.48. The largest absolute Gasteiger partial charge is 0.367 e. The number of nitrogens with one attached hydrogen (secondary N) is 1. The van der Waals surface area contributed by atoms with Crippen molar-refractivity contribution in [3.8, 4) is 0 Å². The van der Waals surface area contributed by atoms with Crippen LogP contribution in [-0.2, 0) is 7.05 Å². The predicted molar refractivity (Wildman–Crippen MR) is 87.0 cm³/mol. The molecule has 1 saturated heterocycles. The first kappa shape index (κ1) is 12.6. The summed E-state index contributed by atoms with van der Waals surface area (Å²) in [6.07, 6.45) is 2.14. The number of hydrogen-bond acceptors (Lipinski definition) is 4. The fourth-order valence-electron chi connectivity index (χ4n) is 3.32. The van der Waals surface area contributed by atoms with Gasteiger partial charge in [0.2, 0.25) is 0 Å². The Morgan fingerprint density at radius 2 is 1.86 bits per heavy atom. The zero-order valence-corrected chi connectivity index (χ0v) is 12.4. The van der Waals surface area contributed by atoms with Crippen molar-refractivity contribution in [2.75, 3.05) is 44.2 Å². The van der Waals surface area contributed by atoms with Crippen LogP contribution in [0.3, 0.4) is 0 Å². The first-order valence-electron chi connectivity index (χ1n) is 7.65. The maximum absolute atomic E-state index is 4.52. The number of hydrogen-bond donors (Lipinski definition) is 1. The van der Waals surface area contributed by atoms with Crippen LogP contribution in [0.4, 0.5) is 5.69 Å². The van der Waals surface area contributed by atoms with Crippen LogP contribution in [0.1, 0.15) is 0 Å². The first-order chi connectivity index (χ1) is 10.3. The van der Waals surface area contributed by atoms with Gasteiger partial charge in [0.15, 0.2) is 5.96 Å². The van der Waals surface area contributed by atoms with Crippen molar-refractivity contribution in [1.29, 1.82) is 0 Å². The molecule has 0 radical (unpaired) electrons. The molecule has 5 heteroatoms. The Morgan fingerprint density at radius 3 is 2.62 bits per heavy atom. The molecule has 1 fully saturated rings. The van der Waals surface area contributed by atoms with Crippen LogP contribution in [0.2, 0.25) is 0 Å².